The highest BCUT2D eigenvalue weighted by Gasteiger charge is 2.14. The minimum atomic E-state index is -0.490. The molecule has 2 aromatic carbocycles. The number of para-hydroxylation sites is 1. The lowest BCUT2D eigenvalue weighted by atomic mass is 10.1. The molecule has 0 saturated carbocycles. The second-order valence-electron chi connectivity index (χ2n) is 7.22. The van der Waals surface area contributed by atoms with E-state index in [1.54, 1.807) is 12.1 Å². The topological polar surface area (TPSA) is 97.3 Å². The van der Waals surface area contributed by atoms with Crippen molar-refractivity contribution < 1.29 is 9.21 Å². The Bertz CT molecular complexity index is 1160. The fraction of sp³-hybridized carbons (Fsp3) is 0.227. The molecule has 0 bridgehead atoms. The third-order valence-corrected chi connectivity index (χ3v) is 4.70. The van der Waals surface area contributed by atoms with Crippen molar-refractivity contribution in [2.75, 3.05) is 32.5 Å². The average Bonchev–Trinajstić information content (AvgIpc) is 3.14. The highest BCUT2D eigenvalue weighted by atomic mass is 35.5. The van der Waals surface area contributed by atoms with Crippen molar-refractivity contribution in [3.63, 3.8) is 0 Å². The molecule has 0 atom stereocenters. The summed E-state index contributed by atoms with van der Waals surface area (Å²) in [6.45, 7) is 1.74. The molecule has 31 heavy (non-hydrogen) atoms. The summed E-state index contributed by atoms with van der Waals surface area (Å²) in [6, 6.07) is 14.9. The molecule has 4 aromatic rings. The van der Waals surface area contributed by atoms with Crippen LogP contribution in [-0.4, -0.2) is 48.0 Å². The summed E-state index contributed by atoms with van der Waals surface area (Å²) in [5, 5.41) is 5.22. The quantitative estimate of drug-likeness (QED) is 0.397. The van der Waals surface area contributed by atoms with Crippen LogP contribution in [0, 0.1) is 0 Å². The Labute approximate surface area is 192 Å². The Morgan fingerprint density at radius 3 is 2.58 bits per heavy atom. The monoisotopic (exact) mass is 461 g/mol. The van der Waals surface area contributed by atoms with Crippen molar-refractivity contribution >= 4 is 58.4 Å². The SMILES string of the molecule is CN(C)CCCNc1nc(-c2cc3ccccc3o2)nc2cc(C(N)=O)ccc12.Cl.Cl. The van der Waals surface area contributed by atoms with Gasteiger partial charge in [-0.15, -0.1) is 24.8 Å². The third-order valence-electron chi connectivity index (χ3n) is 4.70. The van der Waals surface area contributed by atoms with Crippen molar-refractivity contribution in [3.8, 4) is 11.6 Å². The summed E-state index contributed by atoms with van der Waals surface area (Å²) in [5.41, 5.74) is 7.27. The second kappa shape index (κ2) is 10.4. The van der Waals surface area contributed by atoms with Gasteiger partial charge in [0.25, 0.3) is 0 Å². The summed E-state index contributed by atoms with van der Waals surface area (Å²) in [6.07, 6.45) is 0.970. The number of halogens is 2. The van der Waals surface area contributed by atoms with E-state index in [2.05, 4.69) is 15.2 Å². The van der Waals surface area contributed by atoms with Crippen LogP contribution in [0.15, 0.2) is 52.9 Å². The second-order valence-corrected chi connectivity index (χ2v) is 7.22. The largest absolute Gasteiger partial charge is 0.453 e. The number of hydrogen-bond donors (Lipinski definition) is 2. The van der Waals surface area contributed by atoms with Crippen LogP contribution >= 0.6 is 24.8 Å². The van der Waals surface area contributed by atoms with Crippen LogP contribution in [0.4, 0.5) is 5.82 Å². The maximum Gasteiger partial charge on any atom is 0.248 e. The summed E-state index contributed by atoms with van der Waals surface area (Å²) in [7, 11) is 4.09. The lowest BCUT2D eigenvalue weighted by molar-refractivity contribution is 0.100. The first kappa shape index (κ1) is 24.4. The van der Waals surface area contributed by atoms with Gasteiger partial charge < -0.3 is 20.4 Å². The lowest BCUT2D eigenvalue weighted by Crippen LogP contribution is -2.17. The summed E-state index contributed by atoms with van der Waals surface area (Å²) in [5.74, 6) is 1.26. The molecule has 0 saturated heterocycles. The average molecular weight is 462 g/mol. The Morgan fingerprint density at radius 1 is 1.10 bits per heavy atom. The Morgan fingerprint density at radius 2 is 1.87 bits per heavy atom. The number of furan rings is 1. The van der Waals surface area contributed by atoms with Gasteiger partial charge in [-0.25, -0.2) is 9.97 Å². The van der Waals surface area contributed by atoms with Crippen LogP contribution in [0.3, 0.4) is 0 Å². The van der Waals surface area contributed by atoms with Gasteiger partial charge in [0.2, 0.25) is 5.91 Å². The van der Waals surface area contributed by atoms with Gasteiger partial charge in [-0.05, 0) is 57.4 Å². The highest BCUT2D eigenvalue weighted by molar-refractivity contribution is 5.99. The molecular formula is C22H25Cl2N5O2. The van der Waals surface area contributed by atoms with Gasteiger partial charge in [0.15, 0.2) is 11.6 Å². The molecule has 3 N–H and O–H groups in total. The predicted molar refractivity (Wildman–Crippen MR) is 129 cm³/mol. The first-order valence-corrected chi connectivity index (χ1v) is 9.50. The van der Waals surface area contributed by atoms with E-state index in [-0.39, 0.29) is 24.8 Å². The summed E-state index contributed by atoms with van der Waals surface area (Å²) >= 11 is 0. The number of primary amides is 1. The number of carbonyl (C=O) groups is 1. The minimum absolute atomic E-state index is 0. The zero-order valence-corrected chi connectivity index (χ0v) is 18.9. The fourth-order valence-electron chi connectivity index (χ4n) is 3.22. The van der Waals surface area contributed by atoms with Gasteiger partial charge >= 0.3 is 0 Å². The van der Waals surface area contributed by atoms with Gasteiger partial charge in [0, 0.05) is 22.9 Å². The van der Waals surface area contributed by atoms with Crippen molar-refractivity contribution in [1.82, 2.24) is 14.9 Å². The number of amides is 1. The molecule has 0 aliphatic rings. The van der Waals surface area contributed by atoms with Crippen LogP contribution in [-0.2, 0) is 0 Å². The Balaban J connectivity index is 0.00000171. The molecule has 1 amide bonds. The van der Waals surface area contributed by atoms with Gasteiger partial charge in [0.1, 0.15) is 11.4 Å². The first-order chi connectivity index (χ1) is 14.0. The predicted octanol–water partition coefficient (Wildman–Crippen LogP) is 4.35. The zero-order chi connectivity index (χ0) is 20.4. The van der Waals surface area contributed by atoms with Crippen LogP contribution in [0.2, 0.25) is 0 Å². The lowest BCUT2D eigenvalue weighted by Gasteiger charge is -2.12. The zero-order valence-electron chi connectivity index (χ0n) is 17.3. The molecule has 2 heterocycles. The smallest absolute Gasteiger partial charge is 0.248 e. The Kier molecular flexibility index (Phi) is 8.21. The van der Waals surface area contributed by atoms with Crippen LogP contribution < -0.4 is 11.1 Å². The molecule has 0 radical (unpaired) electrons. The van der Waals surface area contributed by atoms with Crippen molar-refractivity contribution in [3.05, 3.63) is 54.1 Å². The molecule has 0 fully saturated rings. The van der Waals surface area contributed by atoms with E-state index in [0.29, 0.717) is 28.5 Å². The highest BCUT2D eigenvalue weighted by Crippen LogP contribution is 2.29. The van der Waals surface area contributed by atoms with E-state index >= 15 is 0 Å². The standard InChI is InChI=1S/C22H23N5O2.2ClH/c1-27(2)11-5-10-24-21-16-9-8-15(20(23)28)12-17(16)25-22(26-21)19-13-14-6-3-4-7-18(14)29-19;;/h3-4,6-9,12-13H,5,10-11H2,1-2H3,(H2,23,28)(H,24,25,26);2*1H. The van der Waals surface area contributed by atoms with E-state index in [1.807, 2.05) is 50.5 Å². The number of nitrogens with one attached hydrogen (secondary N) is 1. The molecule has 9 heteroatoms. The van der Waals surface area contributed by atoms with Crippen molar-refractivity contribution in [1.29, 1.82) is 0 Å². The van der Waals surface area contributed by atoms with Crippen LogP contribution in [0.5, 0.6) is 0 Å². The number of nitrogens with two attached hydrogens (primary N) is 1. The van der Waals surface area contributed by atoms with E-state index < -0.39 is 5.91 Å². The fourth-order valence-corrected chi connectivity index (χ4v) is 3.22. The number of anilines is 1. The molecular weight excluding hydrogens is 437 g/mol. The van der Waals surface area contributed by atoms with Gasteiger partial charge in [0.05, 0.1) is 5.52 Å². The third kappa shape index (κ3) is 5.44. The van der Waals surface area contributed by atoms with E-state index in [1.165, 1.54) is 0 Å². The number of carbonyl (C=O) groups excluding carboxylic acids is 1. The number of aromatic nitrogens is 2. The van der Waals surface area contributed by atoms with E-state index in [9.17, 15) is 4.79 Å². The number of benzene rings is 2. The minimum Gasteiger partial charge on any atom is -0.453 e. The van der Waals surface area contributed by atoms with Crippen molar-refractivity contribution in [2.45, 2.75) is 6.42 Å². The van der Waals surface area contributed by atoms with Gasteiger partial charge in [-0.2, -0.15) is 0 Å². The maximum atomic E-state index is 11.6. The van der Waals surface area contributed by atoms with E-state index in [4.69, 9.17) is 15.1 Å². The van der Waals surface area contributed by atoms with Crippen molar-refractivity contribution in [2.24, 2.45) is 5.73 Å². The number of rotatable bonds is 7. The molecule has 4 rings (SSSR count). The number of nitrogens with zero attached hydrogens (tertiary/aromatic N) is 3. The molecule has 164 valence electrons. The molecule has 2 aromatic heterocycles. The summed E-state index contributed by atoms with van der Waals surface area (Å²) < 4.78 is 5.94. The normalized spacial score (nSPS) is 10.7. The Hall–Kier alpha value is -2.87. The first-order valence-electron chi connectivity index (χ1n) is 9.50. The molecule has 7 nitrogen and oxygen atoms in total. The van der Waals surface area contributed by atoms with Crippen LogP contribution in [0.1, 0.15) is 16.8 Å². The van der Waals surface area contributed by atoms with Gasteiger partial charge in [-0.3, -0.25) is 4.79 Å². The van der Waals surface area contributed by atoms with E-state index in [0.717, 1.165) is 35.9 Å². The molecule has 0 unspecified atom stereocenters. The molecule has 0 aliphatic heterocycles. The molecule has 0 spiro atoms. The summed E-state index contributed by atoms with van der Waals surface area (Å²) in [4.78, 5) is 23.1. The van der Waals surface area contributed by atoms with Crippen LogP contribution in [0.25, 0.3) is 33.5 Å². The molecule has 0 aliphatic carbocycles. The van der Waals surface area contributed by atoms with Gasteiger partial charge in [-0.1, -0.05) is 18.2 Å². The maximum absolute atomic E-state index is 11.6. The number of fused-ring (bicyclic) bond motifs is 2. The number of hydrogen-bond acceptors (Lipinski definition) is 6.